The minimum atomic E-state index is -0.689. The van der Waals surface area contributed by atoms with Gasteiger partial charge in [-0.15, -0.1) is 0 Å². The molecule has 0 spiro atoms. The number of carbonyl (C=O) groups excluding carboxylic acids is 2. The molecule has 0 aromatic heterocycles. The molecule has 0 saturated heterocycles. The van der Waals surface area contributed by atoms with Crippen molar-refractivity contribution in [2.24, 2.45) is 0 Å². The zero-order chi connectivity index (χ0) is 16.4. The number of halogens is 1. The summed E-state index contributed by atoms with van der Waals surface area (Å²) in [6, 6.07) is 9.08. The third kappa shape index (κ3) is 5.55. The molecule has 0 aliphatic heterocycles. The van der Waals surface area contributed by atoms with Gasteiger partial charge in [0.2, 0.25) is 0 Å². The van der Waals surface area contributed by atoms with Crippen molar-refractivity contribution in [2.75, 3.05) is 18.5 Å². The van der Waals surface area contributed by atoms with E-state index in [2.05, 4.69) is 21.4 Å². The summed E-state index contributed by atoms with van der Waals surface area (Å²) in [6.07, 6.45) is -0.702. The van der Waals surface area contributed by atoms with E-state index in [0.717, 1.165) is 5.56 Å². The van der Waals surface area contributed by atoms with Gasteiger partial charge in [0.25, 0.3) is 0 Å². The third-order valence-electron chi connectivity index (χ3n) is 2.83. The Bertz CT molecular complexity index is 470. The molecule has 0 saturated carbocycles. The molecular formula is C15H21BrN2O4. The summed E-state index contributed by atoms with van der Waals surface area (Å²) in [7, 11) is 0. The second-order valence-electron chi connectivity index (χ2n) is 4.31. The van der Waals surface area contributed by atoms with Crippen LogP contribution in [0.1, 0.15) is 31.9 Å². The number of nitrogens with zero attached hydrogens (tertiary/aromatic N) is 1. The lowest BCUT2D eigenvalue weighted by Gasteiger charge is -2.30. The number of nitrogens with one attached hydrogen (secondary N) is 1. The summed E-state index contributed by atoms with van der Waals surface area (Å²) in [6.45, 7) is 3.84. The lowest BCUT2D eigenvalue weighted by atomic mass is 10.0. The molecule has 1 aromatic carbocycles. The van der Waals surface area contributed by atoms with Gasteiger partial charge in [0, 0.05) is 5.33 Å². The molecule has 1 aromatic rings. The Hall–Kier alpha value is -1.76. The molecule has 0 radical (unpaired) electrons. The average molecular weight is 373 g/mol. The van der Waals surface area contributed by atoms with Crippen LogP contribution in [0.3, 0.4) is 0 Å². The van der Waals surface area contributed by atoms with Crippen LogP contribution in [-0.2, 0) is 9.47 Å². The van der Waals surface area contributed by atoms with Crippen molar-refractivity contribution in [3.8, 4) is 0 Å². The highest BCUT2D eigenvalue weighted by molar-refractivity contribution is 9.09. The molecule has 22 heavy (non-hydrogen) atoms. The topological polar surface area (TPSA) is 67.9 Å². The lowest BCUT2D eigenvalue weighted by molar-refractivity contribution is 0.0540. The summed E-state index contributed by atoms with van der Waals surface area (Å²) in [5, 5.41) is 1.84. The highest BCUT2D eigenvalue weighted by Gasteiger charge is 2.28. The second kappa shape index (κ2) is 10.0. The van der Waals surface area contributed by atoms with Crippen LogP contribution in [0, 0.1) is 0 Å². The minimum Gasteiger partial charge on any atom is -0.449 e. The Morgan fingerprint density at radius 1 is 1.18 bits per heavy atom. The van der Waals surface area contributed by atoms with E-state index in [1.165, 1.54) is 5.01 Å². The Morgan fingerprint density at radius 2 is 1.82 bits per heavy atom. The average Bonchev–Trinajstić information content (AvgIpc) is 2.52. The van der Waals surface area contributed by atoms with Gasteiger partial charge in [-0.05, 0) is 25.8 Å². The Balaban J connectivity index is 3.02. The molecule has 1 unspecified atom stereocenters. The van der Waals surface area contributed by atoms with Crippen LogP contribution in [0.25, 0.3) is 0 Å². The van der Waals surface area contributed by atoms with Crippen molar-refractivity contribution < 1.29 is 19.1 Å². The van der Waals surface area contributed by atoms with Crippen molar-refractivity contribution in [3.05, 3.63) is 35.9 Å². The first-order chi connectivity index (χ1) is 10.6. The fourth-order valence-corrected chi connectivity index (χ4v) is 2.36. The van der Waals surface area contributed by atoms with Gasteiger partial charge in [0.15, 0.2) is 0 Å². The van der Waals surface area contributed by atoms with E-state index in [0.29, 0.717) is 11.8 Å². The maximum Gasteiger partial charge on any atom is 0.429 e. The molecule has 0 bridgehead atoms. The molecule has 1 atom stereocenters. The number of rotatable bonds is 6. The molecule has 0 fully saturated rings. The predicted molar refractivity (Wildman–Crippen MR) is 86.6 cm³/mol. The van der Waals surface area contributed by atoms with Gasteiger partial charge in [-0.25, -0.2) is 20.0 Å². The van der Waals surface area contributed by atoms with Crippen molar-refractivity contribution in [3.63, 3.8) is 0 Å². The maximum atomic E-state index is 12.2. The normalized spacial score (nSPS) is 11.4. The number of hydrogen-bond donors (Lipinski definition) is 1. The number of carbonyl (C=O) groups is 2. The smallest absolute Gasteiger partial charge is 0.429 e. The van der Waals surface area contributed by atoms with Crippen LogP contribution < -0.4 is 5.43 Å². The van der Waals surface area contributed by atoms with Gasteiger partial charge in [-0.3, -0.25) is 0 Å². The van der Waals surface area contributed by atoms with Crippen LogP contribution >= 0.6 is 15.9 Å². The van der Waals surface area contributed by atoms with Crippen LogP contribution in [-0.4, -0.2) is 35.7 Å². The lowest BCUT2D eigenvalue weighted by Crippen LogP contribution is -2.48. The maximum absolute atomic E-state index is 12.2. The van der Waals surface area contributed by atoms with Gasteiger partial charge in [0.05, 0.1) is 19.3 Å². The first kappa shape index (κ1) is 18.3. The molecule has 0 aliphatic carbocycles. The Morgan fingerprint density at radius 3 is 2.36 bits per heavy atom. The summed E-state index contributed by atoms with van der Waals surface area (Å²) < 4.78 is 9.89. The van der Waals surface area contributed by atoms with Crippen molar-refractivity contribution in [1.82, 2.24) is 10.4 Å². The molecule has 7 heteroatoms. The molecule has 6 nitrogen and oxygen atoms in total. The molecule has 122 valence electrons. The molecule has 1 rings (SSSR count). The summed E-state index contributed by atoms with van der Waals surface area (Å²) >= 11 is 3.38. The summed E-state index contributed by atoms with van der Waals surface area (Å²) in [4.78, 5) is 23.9. The number of amides is 2. The van der Waals surface area contributed by atoms with E-state index in [-0.39, 0.29) is 19.3 Å². The Kier molecular flexibility index (Phi) is 8.35. The van der Waals surface area contributed by atoms with E-state index in [9.17, 15) is 9.59 Å². The van der Waals surface area contributed by atoms with Crippen LogP contribution in [0.5, 0.6) is 0 Å². The first-order valence-electron chi connectivity index (χ1n) is 7.14. The summed E-state index contributed by atoms with van der Waals surface area (Å²) in [5.74, 6) is 0. The van der Waals surface area contributed by atoms with Crippen LogP contribution in [0.2, 0.25) is 0 Å². The van der Waals surface area contributed by atoms with E-state index in [1.807, 2.05) is 30.3 Å². The number of benzene rings is 1. The fraction of sp³-hybridized carbons (Fsp3) is 0.467. The van der Waals surface area contributed by atoms with Gasteiger partial charge >= 0.3 is 12.2 Å². The van der Waals surface area contributed by atoms with E-state index < -0.39 is 12.2 Å². The van der Waals surface area contributed by atoms with Gasteiger partial charge in [0.1, 0.15) is 0 Å². The molecule has 0 heterocycles. The highest BCUT2D eigenvalue weighted by atomic mass is 79.9. The largest absolute Gasteiger partial charge is 0.449 e. The van der Waals surface area contributed by atoms with Gasteiger partial charge in [-0.2, -0.15) is 0 Å². The zero-order valence-electron chi connectivity index (χ0n) is 12.8. The highest BCUT2D eigenvalue weighted by Crippen LogP contribution is 2.24. The number of ether oxygens (including phenoxy) is 2. The minimum absolute atomic E-state index is 0.218. The van der Waals surface area contributed by atoms with Crippen molar-refractivity contribution >= 4 is 28.1 Å². The van der Waals surface area contributed by atoms with Gasteiger partial charge in [-0.1, -0.05) is 46.3 Å². The van der Waals surface area contributed by atoms with Crippen molar-refractivity contribution in [1.29, 1.82) is 0 Å². The van der Waals surface area contributed by atoms with E-state index in [1.54, 1.807) is 13.8 Å². The molecular weight excluding hydrogens is 352 g/mol. The SMILES string of the molecule is CCOC(=O)NN(C(=O)OCC)C(CCBr)c1ccccc1. The first-order valence-corrected chi connectivity index (χ1v) is 8.26. The fourth-order valence-electron chi connectivity index (χ4n) is 1.93. The predicted octanol–water partition coefficient (Wildman–Crippen LogP) is 3.63. The monoisotopic (exact) mass is 372 g/mol. The van der Waals surface area contributed by atoms with E-state index in [4.69, 9.17) is 9.47 Å². The zero-order valence-corrected chi connectivity index (χ0v) is 14.3. The number of hydrogen-bond acceptors (Lipinski definition) is 4. The summed E-state index contributed by atoms with van der Waals surface area (Å²) in [5.41, 5.74) is 3.36. The third-order valence-corrected chi connectivity index (χ3v) is 3.29. The second-order valence-corrected chi connectivity index (χ2v) is 5.10. The van der Waals surface area contributed by atoms with Gasteiger partial charge < -0.3 is 9.47 Å². The quantitative estimate of drug-likeness (QED) is 0.611. The van der Waals surface area contributed by atoms with E-state index >= 15 is 0 Å². The Labute approximate surface area is 138 Å². The van der Waals surface area contributed by atoms with Crippen molar-refractivity contribution in [2.45, 2.75) is 26.3 Å². The number of alkyl halides is 1. The molecule has 0 aliphatic rings. The molecule has 1 N–H and O–H groups in total. The van der Waals surface area contributed by atoms with Crippen LogP contribution in [0.15, 0.2) is 30.3 Å². The standard InChI is InChI=1S/C15H21BrN2O4/c1-3-21-14(19)17-18(15(20)22-4-2)13(10-11-16)12-8-6-5-7-9-12/h5-9,13H,3-4,10-11H2,1-2H3,(H,17,19). The molecule has 2 amide bonds. The number of hydrazine groups is 1. The van der Waals surface area contributed by atoms with Crippen LogP contribution in [0.4, 0.5) is 9.59 Å².